The van der Waals surface area contributed by atoms with Crippen LogP contribution in [0.1, 0.15) is 25.8 Å². The summed E-state index contributed by atoms with van der Waals surface area (Å²) in [7, 11) is 0. The number of hydrogen-bond acceptors (Lipinski definition) is 5. The van der Waals surface area contributed by atoms with E-state index >= 15 is 0 Å². The Hall–Kier alpha value is -1.59. The molecule has 1 N–H and O–H groups in total. The lowest BCUT2D eigenvalue weighted by atomic mass is 10.1. The molecule has 4 nitrogen and oxygen atoms in total. The van der Waals surface area contributed by atoms with Crippen molar-refractivity contribution in [1.82, 2.24) is 10.3 Å². The standard InChI is InChI=1S/C17H22N2O2S/c1-17(2,3)18-7-6-16-19-13(11-22-16)12-4-5-14-15(10-12)21-9-8-20-14/h4-5,10-11,18H,6-9H2,1-3H3. The first-order valence-electron chi connectivity index (χ1n) is 7.61. The topological polar surface area (TPSA) is 43.4 Å². The minimum absolute atomic E-state index is 0.149. The third-order valence-electron chi connectivity index (χ3n) is 3.38. The molecule has 0 fully saturated rings. The molecule has 0 spiro atoms. The van der Waals surface area contributed by atoms with Crippen LogP contribution >= 0.6 is 11.3 Å². The summed E-state index contributed by atoms with van der Waals surface area (Å²) in [5, 5.41) is 6.75. The fourth-order valence-electron chi connectivity index (χ4n) is 2.31. The van der Waals surface area contributed by atoms with Crippen molar-refractivity contribution in [3.63, 3.8) is 0 Å². The van der Waals surface area contributed by atoms with Crippen LogP contribution in [0.5, 0.6) is 11.5 Å². The number of hydrogen-bond donors (Lipinski definition) is 1. The second-order valence-electron chi connectivity index (χ2n) is 6.41. The van der Waals surface area contributed by atoms with Crippen LogP contribution in [0.3, 0.4) is 0 Å². The highest BCUT2D eigenvalue weighted by atomic mass is 32.1. The van der Waals surface area contributed by atoms with Gasteiger partial charge in [-0.05, 0) is 39.0 Å². The number of nitrogens with zero attached hydrogens (tertiary/aromatic N) is 1. The summed E-state index contributed by atoms with van der Waals surface area (Å²) < 4.78 is 11.2. The number of thiazole rings is 1. The molecule has 0 unspecified atom stereocenters. The summed E-state index contributed by atoms with van der Waals surface area (Å²) in [4.78, 5) is 4.73. The summed E-state index contributed by atoms with van der Waals surface area (Å²) >= 11 is 1.71. The van der Waals surface area contributed by atoms with Gasteiger partial charge in [-0.3, -0.25) is 0 Å². The molecule has 1 aromatic heterocycles. The van der Waals surface area contributed by atoms with E-state index in [2.05, 4.69) is 31.5 Å². The summed E-state index contributed by atoms with van der Waals surface area (Å²) in [6, 6.07) is 6.02. The van der Waals surface area contributed by atoms with Crippen LogP contribution in [0.25, 0.3) is 11.3 Å². The van der Waals surface area contributed by atoms with Crippen LogP contribution in [0, 0.1) is 0 Å². The van der Waals surface area contributed by atoms with E-state index in [0.717, 1.165) is 40.7 Å². The number of benzene rings is 1. The van der Waals surface area contributed by atoms with Gasteiger partial charge in [0.05, 0.1) is 10.7 Å². The van der Waals surface area contributed by atoms with Gasteiger partial charge in [-0.1, -0.05) is 0 Å². The zero-order valence-corrected chi connectivity index (χ0v) is 14.1. The van der Waals surface area contributed by atoms with Crippen molar-refractivity contribution in [3.8, 4) is 22.8 Å². The second-order valence-corrected chi connectivity index (χ2v) is 7.35. The summed E-state index contributed by atoms with van der Waals surface area (Å²) in [6.45, 7) is 8.70. The molecular weight excluding hydrogens is 296 g/mol. The van der Waals surface area contributed by atoms with E-state index in [1.54, 1.807) is 11.3 Å². The predicted molar refractivity (Wildman–Crippen MR) is 90.0 cm³/mol. The van der Waals surface area contributed by atoms with Gasteiger partial charge in [0, 0.05) is 29.4 Å². The molecule has 0 atom stereocenters. The van der Waals surface area contributed by atoms with Gasteiger partial charge in [0.25, 0.3) is 0 Å². The molecule has 3 rings (SSSR count). The number of nitrogens with one attached hydrogen (secondary N) is 1. The smallest absolute Gasteiger partial charge is 0.162 e. The fourth-order valence-corrected chi connectivity index (χ4v) is 3.11. The van der Waals surface area contributed by atoms with Crippen molar-refractivity contribution in [2.75, 3.05) is 19.8 Å². The van der Waals surface area contributed by atoms with E-state index in [1.165, 1.54) is 0 Å². The molecule has 0 saturated carbocycles. The minimum Gasteiger partial charge on any atom is -0.486 e. The van der Waals surface area contributed by atoms with Gasteiger partial charge in [-0.15, -0.1) is 11.3 Å². The number of rotatable bonds is 4. The van der Waals surface area contributed by atoms with Gasteiger partial charge in [-0.25, -0.2) is 4.98 Å². The van der Waals surface area contributed by atoms with Gasteiger partial charge >= 0.3 is 0 Å². The van der Waals surface area contributed by atoms with Gasteiger partial charge in [-0.2, -0.15) is 0 Å². The minimum atomic E-state index is 0.149. The molecule has 2 aromatic rings. The Kier molecular flexibility index (Phi) is 4.36. The average Bonchev–Trinajstić information content (AvgIpc) is 2.94. The lowest BCUT2D eigenvalue weighted by molar-refractivity contribution is 0.171. The third kappa shape index (κ3) is 3.78. The van der Waals surface area contributed by atoms with Crippen molar-refractivity contribution in [2.45, 2.75) is 32.7 Å². The molecule has 2 heterocycles. The Labute approximate surface area is 135 Å². The van der Waals surface area contributed by atoms with E-state index in [-0.39, 0.29) is 5.54 Å². The van der Waals surface area contributed by atoms with Crippen LogP contribution in [0.4, 0.5) is 0 Å². The van der Waals surface area contributed by atoms with E-state index < -0.39 is 0 Å². The number of ether oxygens (including phenoxy) is 2. The van der Waals surface area contributed by atoms with Gasteiger partial charge in [0.15, 0.2) is 11.5 Å². The monoisotopic (exact) mass is 318 g/mol. The molecular formula is C17H22N2O2S. The molecule has 5 heteroatoms. The van der Waals surface area contributed by atoms with Crippen LogP contribution in [0.15, 0.2) is 23.6 Å². The van der Waals surface area contributed by atoms with E-state index in [4.69, 9.17) is 14.5 Å². The highest BCUT2D eigenvalue weighted by Gasteiger charge is 2.14. The largest absolute Gasteiger partial charge is 0.486 e. The Morgan fingerprint density at radius 3 is 2.73 bits per heavy atom. The van der Waals surface area contributed by atoms with Crippen molar-refractivity contribution in [3.05, 3.63) is 28.6 Å². The quantitative estimate of drug-likeness (QED) is 0.937. The van der Waals surface area contributed by atoms with Crippen LogP contribution in [-0.2, 0) is 6.42 Å². The van der Waals surface area contributed by atoms with Crippen LogP contribution < -0.4 is 14.8 Å². The normalized spacial score (nSPS) is 14.1. The first kappa shape index (κ1) is 15.3. The highest BCUT2D eigenvalue weighted by molar-refractivity contribution is 7.09. The van der Waals surface area contributed by atoms with Crippen molar-refractivity contribution in [1.29, 1.82) is 0 Å². The Morgan fingerprint density at radius 2 is 1.95 bits per heavy atom. The molecule has 118 valence electrons. The maximum atomic E-state index is 5.64. The molecule has 0 radical (unpaired) electrons. The van der Waals surface area contributed by atoms with E-state index in [1.807, 2.05) is 18.2 Å². The van der Waals surface area contributed by atoms with Crippen LogP contribution in [0.2, 0.25) is 0 Å². The van der Waals surface area contributed by atoms with Crippen molar-refractivity contribution in [2.24, 2.45) is 0 Å². The molecule has 0 aliphatic carbocycles. The third-order valence-corrected chi connectivity index (χ3v) is 4.29. The first-order valence-corrected chi connectivity index (χ1v) is 8.49. The highest BCUT2D eigenvalue weighted by Crippen LogP contribution is 2.34. The molecule has 1 aliphatic rings. The Balaban J connectivity index is 1.68. The zero-order valence-electron chi connectivity index (χ0n) is 13.3. The molecule has 0 saturated heterocycles. The van der Waals surface area contributed by atoms with Gasteiger partial charge in [0.2, 0.25) is 0 Å². The zero-order chi connectivity index (χ0) is 15.6. The Morgan fingerprint density at radius 1 is 1.18 bits per heavy atom. The lowest BCUT2D eigenvalue weighted by Gasteiger charge is -2.19. The molecule has 0 amide bonds. The van der Waals surface area contributed by atoms with Crippen LogP contribution in [-0.4, -0.2) is 30.3 Å². The molecule has 1 aliphatic heterocycles. The summed E-state index contributed by atoms with van der Waals surface area (Å²) in [6.07, 6.45) is 0.951. The Bertz CT molecular complexity index is 646. The number of aromatic nitrogens is 1. The second kappa shape index (κ2) is 6.26. The maximum Gasteiger partial charge on any atom is 0.162 e. The molecule has 22 heavy (non-hydrogen) atoms. The van der Waals surface area contributed by atoms with E-state index in [0.29, 0.717) is 13.2 Å². The molecule has 0 bridgehead atoms. The maximum absolute atomic E-state index is 5.64. The SMILES string of the molecule is CC(C)(C)NCCc1nc(-c2ccc3c(c2)OCCO3)cs1. The van der Waals surface area contributed by atoms with Gasteiger partial charge in [0.1, 0.15) is 13.2 Å². The molecule has 1 aromatic carbocycles. The van der Waals surface area contributed by atoms with E-state index in [9.17, 15) is 0 Å². The summed E-state index contributed by atoms with van der Waals surface area (Å²) in [5.74, 6) is 1.63. The summed E-state index contributed by atoms with van der Waals surface area (Å²) in [5.41, 5.74) is 2.24. The predicted octanol–water partition coefficient (Wildman–Crippen LogP) is 3.51. The van der Waals surface area contributed by atoms with Crippen molar-refractivity contribution < 1.29 is 9.47 Å². The van der Waals surface area contributed by atoms with Gasteiger partial charge < -0.3 is 14.8 Å². The van der Waals surface area contributed by atoms with Crippen molar-refractivity contribution >= 4 is 11.3 Å². The number of fused-ring (bicyclic) bond motifs is 1. The lowest BCUT2D eigenvalue weighted by Crippen LogP contribution is -2.37. The first-order chi connectivity index (χ1) is 10.5. The average molecular weight is 318 g/mol. The fraction of sp³-hybridized carbons (Fsp3) is 0.471.